The van der Waals surface area contributed by atoms with Crippen molar-refractivity contribution < 1.29 is 19.2 Å². The van der Waals surface area contributed by atoms with Crippen molar-refractivity contribution >= 4 is 23.4 Å². The number of carbonyl (C=O) groups excluding carboxylic acids is 2. The summed E-state index contributed by atoms with van der Waals surface area (Å²) >= 11 is 0. The molecule has 8 nitrogen and oxygen atoms in total. The van der Waals surface area contributed by atoms with Crippen LogP contribution < -0.4 is 11.1 Å². The number of rotatable bonds is 9. The third kappa shape index (κ3) is 6.70. The minimum atomic E-state index is -0.321. The molecule has 0 saturated heterocycles. The number of esters is 1. The molecule has 2 unspecified atom stereocenters. The van der Waals surface area contributed by atoms with Crippen LogP contribution in [0.3, 0.4) is 0 Å². The van der Waals surface area contributed by atoms with Gasteiger partial charge in [-0.15, -0.1) is 0 Å². The Morgan fingerprint density at radius 3 is 2.96 bits per heavy atom. The van der Waals surface area contributed by atoms with E-state index < -0.39 is 0 Å². The van der Waals surface area contributed by atoms with Gasteiger partial charge in [0.25, 0.3) is 0 Å². The van der Waals surface area contributed by atoms with Gasteiger partial charge in [0.15, 0.2) is 0 Å². The quantitative estimate of drug-likeness (QED) is 0.645. The second-order valence-corrected chi connectivity index (χ2v) is 6.32. The standard InChI is InChI=1S/C18H26N4O4/c1-3-25-18(24)9-12(2)20-17(23)11-15-10-14(22-26-15)8-7-13-5-4-6-16(19)21-13/h4-6,12,15H,3,7-11H2,1-2H3,(H2,19,21)(H,20,23). The van der Waals surface area contributed by atoms with Crippen molar-refractivity contribution in [3.05, 3.63) is 23.9 Å². The van der Waals surface area contributed by atoms with E-state index >= 15 is 0 Å². The number of nitrogens with two attached hydrogens (primary N) is 1. The first-order valence-corrected chi connectivity index (χ1v) is 8.84. The number of anilines is 1. The number of hydrogen-bond donors (Lipinski definition) is 2. The SMILES string of the molecule is CCOC(=O)CC(C)NC(=O)CC1CC(CCc2cccc(N)n2)=NO1. The van der Waals surface area contributed by atoms with Crippen LogP contribution in [0.1, 0.15) is 45.2 Å². The van der Waals surface area contributed by atoms with Gasteiger partial charge in [-0.3, -0.25) is 9.59 Å². The van der Waals surface area contributed by atoms with Crippen molar-refractivity contribution in [3.8, 4) is 0 Å². The normalized spacial score (nSPS) is 17.2. The maximum absolute atomic E-state index is 12.1. The van der Waals surface area contributed by atoms with E-state index in [0.717, 1.165) is 17.8 Å². The Balaban J connectivity index is 1.67. The molecule has 0 spiro atoms. The number of nitrogens with zero attached hydrogens (tertiary/aromatic N) is 2. The van der Waals surface area contributed by atoms with Gasteiger partial charge in [0.1, 0.15) is 11.9 Å². The van der Waals surface area contributed by atoms with Crippen LogP contribution in [0, 0.1) is 0 Å². The summed E-state index contributed by atoms with van der Waals surface area (Å²) in [6.07, 6.45) is 2.14. The second kappa shape index (κ2) is 9.74. The molecule has 3 N–H and O–H groups in total. The molecule has 1 aliphatic heterocycles. The first-order chi connectivity index (χ1) is 12.5. The van der Waals surface area contributed by atoms with Crippen molar-refractivity contribution in [2.75, 3.05) is 12.3 Å². The number of carbonyl (C=O) groups is 2. The van der Waals surface area contributed by atoms with Gasteiger partial charge < -0.3 is 20.6 Å². The van der Waals surface area contributed by atoms with E-state index in [1.807, 2.05) is 12.1 Å². The monoisotopic (exact) mass is 362 g/mol. The molecule has 2 heterocycles. The van der Waals surface area contributed by atoms with Crippen LogP contribution in [0.25, 0.3) is 0 Å². The molecule has 1 aromatic heterocycles. The van der Waals surface area contributed by atoms with Gasteiger partial charge in [-0.05, 0) is 38.8 Å². The minimum absolute atomic E-state index is 0.153. The van der Waals surface area contributed by atoms with E-state index in [0.29, 0.717) is 25.3 Å². The van der Waals surface area contributed by atoms with Crippen LogP contribution in [0.2, 0.25) is 0 Å². The Bertz CT molecular complexity index is 662. The van der Waals surface area contributed by atoms with E-state index in [1.54, 1.807) is 19.9 Å². The first-order valence-electron chi connectivity index (χ1n) is 8.84. The summed E-state index contributed by atoms with van der Waals surface area (Å²) in [6, 6.07) is 5.26. The zero-order valence-corrected chi connectivity index (χ0v) is 15.2. The predicted molar refractivity (Wildman–Crippen MR) is 97.4 cm³/mol. The highest BCUT2D eigenvalue weighted by atomic mass is 16.6. The maximum atomic E-state index is 12.1. The number of oxime groups is 1. The minimum Gasteiger partial charge on any atom is -0.466 e. The Kier molecular flexibility index (Phi) is 7.37. The largest absolute Gasteiger partial charge is 0.466 e. The number of hydrogen-bond acceptors (Lipinski definition) is 7. The number of nitrogens with one attached hydrogen (secondary N) is 1. The summed E-state index contributed by atoms with van der Waals surface area (Å²) in [7, 11) is 0. The lowest BCUT2D eigenvalue weighted by molar-refractivity contribution is -0.143. The number of aryl methyl sites for hydroxylation is 1. The van der Waals surface area contributed by atoms with Gasteiger partial charge in [0, 0.05) is 18.2 Å². The highest BCUT2D eigenvalue weighted by Crippen LogP contribution is 2.17. The Morgan fingerprint density at radius 1 is 1.42 bits per heavy atom. The summed E-state index contributed by atoms with van der Waals surface area (Å²) in [5.41, 5.74) is 7.48. The molecule has 0 fully saturated rings. The molecule has 26 heavy (non-hydrogen) atoms. The fourth-order valence-corrected chi connectivity index (χ4v) is 2.71. The van der Waals surface area contributed by atoms with Crippen LogP contribution in [0.4, 0.5) is 5.82 Å². The number of aromatic nitrogens is 1. The zero-order chi connectivity index (χ0) is 18.9. The van der Waals surface area contributed by atoms with Crippen LogP contribution in [0.15, 0.2) is 23.4 Å². The molecule has 1 aliphatic rings. The third-order valence-corrected chi connectivity index (χ3v) is 3.89. The molecule has 1 amide bonds. The van der Waals surface area contributed by atoms with E-state index in [4.69, 9.17) is 15.3 Å². The van der Waals surface area contributed by atoms with Crippen molar-refractivity contribution in [3.63, 3.8) is 0 Å². The summed E-state index contributed by atoms with van der Waals surface area (Å²) in [4.78, 5) is 33.0. The van der Waals surface area contributed by atoms with Crippen molar-refractivity contribution in [2.24, 2.45) is 5.16 Å². The van der Waals surface area contributed by atoms with Gasteiger partial charge in [-0.1, -0.05) is 11.2 Å². The van der Waals surface area contributed by atoms with Crippen LogP contribution in [-0.4, -0.2) is 41.3 Å². The molecule has 0 aromatic carbocycles. The Labute approximate surface area is 153 Å². The van der Waals surface area contributed by atoms with Crippen LogP contribution >= 0.6 is 0 Å². The maximum Gasteiger partial charge on any atom is 0.307 e. The summed E-state index contributed by atoms with van der Waals surface area (Å²) in [5, 5.41) is 6.84. The molecule has 1 aromatic rings. The highest BCUT2D eigenvalue weighted by Gasteiger charge is 2.24. The van der Waals surface area contributed by atoms with Gasteiger partial charge in [0.2, 0.25) is 5.91 Å². The molecule has 2 rings (SSSR count). The average Bonchev–Trinajstić information content (AvgIpc) is 3.00. The fourth-order valence-electron chi connectivity index (χ4n) is 2.71. The third-order valence-electron chi connectivity index (χ3n) is 3.89. The molecule has 0 aliphatic carbocycles. The molecule has 2 atom stereocenters. The Hall–Kier alpha value is -2.64. The fraction of sp³-hybridized carbons (Fsp3) is 0.556. The van der Waals surface area contributed by atoms with E-state index in [9.17, 15) is 9.59 Å². The number of amides is 1. The van der Waals surface area contributed by atoms with Crippen LogP contribution in [0.5, 0.6) is 0 Å². The number of nitrogen functional groups attached to an aromatic ring is 1. The predicted octanol–water partition coefficient (Wildman–Crippen LogP) is 1.59. The smallest absolute Gasteiger partial charge is 0.307 e. The lowest BCUT2D eigenvalue weighted by atomic mass is 10.0. The zero-order valence-electron chi connectivity index (χ0n) is 15.2. The van der Waals surface area contributed by atoms with Gasteiger partial charge in [-0.25, -0.2) is 4.98 Å². The topological polar surface area (TPSA) is 116 Å². The van der Waals surface area contributed by atoms with E-state index in [2.05, 4.69) is 15.5 Å². The van der Waals surface area contributed by atoms with Crippen molar-refractivity contribution in [1.82, 2.24) is 10.3 Å². The highest BCUT2D eigenvalue weighted by molar-refractivity contribution is 5.87. The molecule has 142 valence electrons. The lowest BCUT2D eigenvalue weighted by Gasteiger charge is -2.14. The van der Waals surface area contributed by atoms with Gasteiger partial charge >= 0.3 is 5.97 Å². The Morgan fingerprint density at radius 2 is 2.23 bits per heavy atom. The first kappa shape index (κ1) is 19.7. The molecule has 0 saturated carbocycles. The van der Waals surface area contributed by atoms with Crippen molar-refractivity contribution in [1.29, 1.82) is 0 Å². The molecule has 8 heteroatoms. The molecule has 0 radical (unpaired) electrons. The van der Waals surface area contributed by atoms with E-state index in [1.165, 1.54) is 0 Å². The van der Waals surface area contributed by atoms with Crippen molar-refractivity contribution in [2.45, 2.75) is 58.1 Å². The summed E-state index contributed by atoms with van der Waals surface area (Å²) in [6.45, 7) is 3.85. The summed E-state index contributed by atoms with van der Waals surface area (Å²) < 4.78 is 4.87. The van der Waals surface area contributed by atoms with E-state index in [-0.39, 0.29) is 36.9 Å². The summed E-state index contributed by atoms with van der Waals surface area (Å²) in [5.74, 6) is 0.0116. The molecular weight excluding hydrogens is 336 g/mol. The van der Waals surface area contributed by atoms with Gasteiger partial charge in [0.05, 0.1) is 25.2 Å². The number of ether oxygens (including phenoxy) is 1. The average molecular weight is 362 g/mol. The lowest BCUT2D eigenvalue weighted by Crippen LogP contribution is -2.36. The van der Waals surface area contributed by atoms with Crippen LogP contribution in [-0.2, 0) is 25.6 Å². The van der Waals surface area contributed by atoms with Gasteiger partial charge in [-0.2, -0.15) is 0 Å². The molecular formula is C18H26N4O4. The number of pyridine rings is 1. The second-order valence-electron chi connectivity index (χ2n) is 6.32. The molecule has 0 bridgehead atoms.